The quantitative estimate of drug-likeness (QED) is 0.122. The smallest absolute Gasteiger partial charge is 0.268 e. The van der Waals surface area contributed by atoms with E-state index in [1.54, 1.807) is 13.2 Å². The van der Waals surface area contributed by atoms with Crippen LogP contribution in [0.2, 0.25) is 0 Å². The molecule has 4 aliphatic rings. The largest absolute Gasteiger partial charge is 0.508 e. The zero-order chi connectivity index (χ0) is 32.6. The third kappa shape index (κ3) is 5.42. The average Bonchev–Trinajstić information content (AvgIpc) is 3.43. The number of methoxy groups -OCH3 is 1. The average molecular weight is 636 g/mol. The van der Waals surface area contributed by atoms with Crippen LogP contribution in [-0.2, 0) is 23.1 Å². The fourth-order valence-electron chi connectivity index (χ4n) is 9.61. The Kier molecular flexibility index (Phi) is 8.60. The number of piperidine rings is 1. The lowest BCUT2D eigenvalue weighted by Crippen LogP contribution is -2.76. The molecule has 2 fully saturated rings. The van der Waals surface area contributed by atoms with Gasteiger partial charge in [-0.15, -0.1) is 0 Å². The van der Waals surface area contributed by atoms with E-state index in [0.717, 1.165) is 61.1 Å². The highest BCUT2D eigenvalue weighted by atomic mass is 16.5. The van der Waals surface area contributed by atoms with Crippen LogP contribution in [0.25, 0.3) is 0 Å². The summed E-state index contributed by atoms with van der Waals surface area (Å²) in [5.74, 6) is 1.92. The molecule has 246 valence electrons. The first kappa shape index (κ1) is 31.5. The van der Waals surface area contributed by atoms with Crippen LogP contribution in [0.1, 0.15) is 78.4 Å². The molecule has 2 aliphatic carbocycles. The summed E-state index contributed by atoms with van der Waals surface area (Å²) in [4.78, 5) is 27.4. The fraction of sp³-hybridized carbons (Fsp3) is 0.450. The molecule has 2 N–H and O–H groups in total. The Labute approximate surface area is 278 Å². The summed E-state index contributed by atoms with van der Waals surface area (Å²) < 4.78 is 12.8. The highest BCUT2D eigenvalue weighted by molar-refractivity contribution is 5.96. The normalized spacial score (nSPS) is 27.2. The van der Waals surface area contributed by atoms with E-state index in [9.17, 15) is 14.7 Å². The van der Waals surface area contributed by atoms with Crippen LogP contribution >= 0.6 is 0 Å². The standard InChI is InChI=1S/C40H46N2O5/c1-3-23-42(24-22-40-31-17-11-19-36(40)47-38-35(46-2)26-34(44)30(37(38)40)25-32(31)42)41-39(45)29(21-20-27-12-6-4-7-13-27)16-10-18-33(43)28-14-8-5-9-15-28/h3-9,12-15,26,29,31-32,36H,1,10-11,16-25H2,2H3,(H-,41,44,45)/p+1/t29?,31-,32+,36-,40+,42?/m0/s1. The van der Waals surface area contributed by atoms with Crippen molar-refractivity contribution in [1.82, 2.24) is 5.43 Å². The lowest BCUT2D eigenvalue weighted by atomic mass is 9.51. The van der Waals surface area contributed by atoms with E-state index >= 15 is 0 Å². The van der Waals surface area contributed by atoms with Gasteiger partial charge < -0.3 is 14.6 Å². The van der Waals surface area contributed by atoms with Crippen molar-refractivity contribution in [3.05, 3.63) is 102 Å². The van der Waals surface area contributed by atoms with Crippen molar-refractivity contribution >= 4 is 11.7 Å². The third-order valence-electron chi connectivity index (χ3n) is 11.8. The summed E-state index contributed by atoms with van der Waals surface area (Å²) in [6.45, 7) is 5.54. The molecule has 2 unspecified atom stereocenters. The number of ether oxygens (including phenoxy) is 2. The second kappa shape index (κ2) is 12.8. The summed E-state index contributed by atoms with van der Waals surface area (Å²) in [5, 5.41) is 11.3. The number of phenols is 1. The van der Waals surface area contributed by atoms with Gasteiger partial charge in [0.2, 0.25) is 0 Å². The molecular weight excluding hydrogens is 588 g/mol. The van der Waals surface area contributed by atoms with E-state index in [1.165, 1.54) is 5.56 Å². The van der Waals surface area contributed by atoms with E-state index < -0.39 is 0 Å². The molecule has 7 heteroatoms. The number of quaternary nitrogens is 1. The second-order valence-electron chi connectivity index (χ2n) is 14.1. The zero-order valence-electron chi connectivity index (χ0n) is 27.5. The Morgan fingerprint density at radius 1 is 1.13 bits per heavy atom. The Bertz CT molecular complexity index is 1640. The van der Waals surface area contributed by atoms with Gasteiger partial charge in [-0.3, -0.25) is 9.59 Å². The van der Waals surface area contributed by atoms with E-state index in [0.29, 0.717) is 54.9 Å². The summed E-state index contributed by atoms with van der Waals surface area (Å²) in [6.07, 6.45) is 9.86. The van der Waals surface area contributed by atoms with Crippen LogP contribution in [-0.4, -0.2) is 53.7 Å². The SMILES string of the molecule is C=CC[N+]1(NC(=O)C(CCCC(=O)c2ccccc2)CCc2ccccc2)CC[C@]23c4c5c(O)cc(OC)c4O[C@H]2CCC[C@H]3[C@H]1C5. The number of rotatable bonds is 13. The van der Waals surface area contributed by atoms with Crippen molar-refractivity contribution in [2.75, 3.05) is 20.2 Å². The Morgan fingerprint density at radius 3 is 2.64 bits per heavy atom. The number of hydrogen-bond donors (Lipinski definition) is 2. The van der Waals surface area contributed by atoms with Gasteiger partial charge in [0.05, 0.1) is 12.5 Å². The first-order valence-electron chi connectivity index (χ1n) is 17.4. The van der Waals surface area contributed by atoms with Gasteiger partial charge in [-0.2, -0.15) is 0 Å². The Morgan fingerprint density at radius 2 is 1.89 bits per heavy atom. The maximum atomic E-state index is 14.5. The van der Waals surface area contributed by atoms with Crippen LogP contribution in [0, 0.1) is 11.8 Å². The van der Waals surface area contributed by atoms with Crippen molar-refractivity contribution in [2.24, 2.45) is 11.8 Å². The predicted molar refractivity (Wildman–Crippen MR) is 181 cm³/mol. The first-order valence-corrected chi connectivity index (χ1v) is 17.4. The molecule has 7 nitrogen and oxygen atoms in total. The van der Waals surface area contributed by atoms with Gasteiger partial charge in [0.25, 0.3) is 5.91 Å². The maximum Gasteiger partial charge on any atom is 0.268 e. The summed E-state index contributed by atoms with van der Waals surface area (Å²) in [7, 11) is 1.64. The number of amides is 1. The number of ketones is 1. The lowest BCUT2D eigenvalue weighted by Gasteiger charge is -2.60. The number of nitrogens with zero attached hydrogens (tertiary/aromatic N) is 1. The van der Waals surface area contributed by atoms with Crippen LogP contribution < -0.4 is 14.9 Å². The molecule has 0 radical (unpaired) electrons. The van der Waals surface area contributed by atoms with Gasteiger partial charge in [0.15, 0.2) is 17.3 Å². The molecule has 7 rings (SSSR count). The topological polar surface area (TPSA) is 84.9 Å². The Balaban J connectivity index is 1.16. The highest BCUT2D eigenvalue weighted by Crippen LogP contribution is 2.66. The molecule has 3 aromatic rings. The van der Waals surface area contributed by atoms with Crippen LogP contribution in [0.4, 0.5) is 0 Å². The van der Waals surface area contributed by atoms with Crippen molar-refractivity contribution in [3.63, 3.8) is 0 Å². The van der Waals surface area contributed by atoms with Gasteiger partial charge in [0, 0.05) is 53.9 Å². The molecule has 6 atom stereocenters. The van der Waals surface area contributed by atoms with Gasteiger partial charge in [-0.25, -0.2) is 10.0 Å². The molecule has 3 aromatic carbocycles. The number of Topliss-reactive ketones (excluding diaryl/α,β-unsaturated/α-hetero) is 1. The van der Waals surface area contributed by atoms with E-state index in [1.807, 2.05) is 54.6 Å². The van der Waals surface area contributed by atoms with Gasteiger partial charge in [0.1, 0.15) is 31.0 Å². The number of carbonyl (C=O) groups is 2. The summed E-state index contributed by atoms with van der Waals surface area (Å²) >= 11 is 0. The van der Waals surface area contributed by atoms with Crippen LogP contribution in [0.15, 0.2) is 79.4 Å². The Hall–Kier alpha value is -4.10. The number of hydrogen-bond acceptors (Lipinski definition) is 5. The van der Waals surface area contributed by atoms with Gasteiger partial charge in [-0.1, -0.05) is 67.2 Å². The molecule has 2 bridgehead atoms. The number of benzene rings is 3. The molecule has 2 heterocycles. The van der Waals surface area contributed by atoms with Crippen molar-refractivity contribution in [1.29, 1.82) is 0 Å². The fourth-order valence-corrected chi connectivity index (χ4v) is 9.61. The summed E-state index contributed by atoms with van der Waals surface area (Å²) in [6, 6.07) is 21.5. The molecule has 1 spiro atoms. The number of aryl methyl sites for hydroxylation is 1. The number of aromatic hydroxyl groups is 1. The number of carbonyl (C=O) groups excluding carboxylic acids is 2. The van der Waals surface area contributed by atoms with E-state index in [4.69, 9.17) is 9.47 Å². The van der Waals surface area contributed by atoms with E-state index in [-0.39, 0.29) is 40.9 Å². The van der Waals surface area contributed by atoms with Gasteiger partial charge in [-0.05, 0) is 56.6 Å². The highest BCUT2D eigenvalue weighted by Gasteiger charge is 2.68. The second-order valence-corrected chi connectivity index (χ2v) is 14.1. The third-order valence-corrected chi connectivity index (χ3v) is 11.8. The summed E-state index contributed by atoms with van der Waals surface area (Å²) in [5.41, 5.74) is 7.48. The molecule has 1 amide bonds. The van der Waals surface area contributed by atoms with E-state index in [2.05, 4.69) is 24.1 Å². The lowest BCUT2D eigenvalue weighted by molar-refractivity contribution is -0.989. The van der Waals surface area contributed by atoms with Gasteiger partial charge >= 0.3 is 0 Å². The monoisotopic (exact) mass is 635 g/mol. The zero-order valence-corrected chi connectivity index (χ0v) is 27.5. The molecule has 0 aromatic heterocycles. The molecule has 1 saturated heterocycles. The minimum Gasteiger partial charge on any atom is -0.508 e. The number of likely N-dealkylation sites (tertiary alicyclic amines) is 1. The van der Waals surface area contributed by atoms with Crippen LogP contribution in [0.5, 0.6) is 17.2 Å². The minimum atomic E-state index is -0.233. The molecule has 2 aliphatic heterocycles. The molecule has 1 saturated carbocycles. The van der Waals surface area contributed by atoms with Crippen LogP contribution in [0.3, 0.4) is 0 Å². The predicted octanol–water partition coefficient (Wildman–Crippen LogP) is 6.86. The maximum absolute atomic E-state index is 14.5. The number of phenolic OH excluding ortho intramolecular Hbond substituents is 1. The van der Waals surface area contributed by atoms with Crippen molar-refractivity contribution < 1.29 is 28.8 Å². The minimum absolute atomic E-state index is 0.0476. The molecule has 47 heavy (non-hydrogen) atoms. The van der Waals surface area contributed by atoms with Crippen molar-refractivity contribution in [2.45, 2.75) is 81.8 Å². The number of nitrogens with one attached hydrogen (secondary N) is 1. The molecular formula is C40H47N2O5+. The van der Waals surface area contributed by atoms with Crippen molar-refractivity contribution in [3.8, 4) is 17.2 Å². The first-order chi connectivity index (χ1) is 22.9.